The molecule has 0 atom stereocenters. The Bertz CT molecular complexity index is 813. The molecular weight excluding hydrogens is 540 g/mol. The average Bonchev–Trinajstić information content (AvgIpc) is 3.26. The first kappa shape index (κ1) is 26.3. The third-order valence-electron chi connectivity index (χ3n) is 4.67. The van der Waals surface area contributed by atoms with Crippen LogP contribution in [0, 0.1) is 0 Å². The van der Waals surface area contributed by atoms with E-state index in [2.05, 4.69) is 25.3 Å². The Kier molecular flexibility index (Phi) is 11.1. The van der Waals surface area contributed by atoms with Crippen LogP contribution >= 0.6 is 24.0 Å². The van der Waals surface area contributed by atoms with Crippen molar-refractivity contribution >= 4 is 29.9 Å². The lowest BCUT2D eigenvalue weighted by molar-refractivity contribution is -0.274. The summed E-state index contributed by atoms with van der Waals surface area (Å²) in [7, 11) is 0. The normalized spacial score (nSPS) is 15.2. The number of para-hydroxylation sites is 1. The summed E-state index contributed by atoms with van der Waals surface area (Å²) in [6.07, 6.45) is -2.48. The van der Waals surface area contributed by atoms with Gasteiger partial charge in [0, 0.05) is 44.7 Å². The maximum atomic E-state index is 12.7. The first-order valence-electron chi connectivity index (χ1n) is 10.2. The minimum atomic E-state index is -4.75. The summed E-state index contributed by atoms with van der Waals surface area (Å²) in [5.74, 6) is 1.10. The molecule has 32 heavy (non-hydrogen) atoms. The Morgan fingerprint density at radius 2 is 1.81 bits per heavy atom. The zero-order chi connectivity index (χ0) is 21.9. The van der Waals surface area contributed by atoms with E-state index in [0.717, 1.165) is 38.6 Å². The highest BCUT2D eigenvalue weighted by molar-refractivity contribution is 14.0. The molecule has 3 rings (SSSR count). The van der Waals surface area contributed by atoms with Crippen molar-refractivity contribution in [3.05, 3.63) is 54.0 Å². The van der Waals surface area contributed by atoms with Gasteiger partial charge in [-0.05, 0) is 18.2 Å². The molecule has 0 bridgehead atoms. The molecule has 0 spiro atoms. The van der Waals surface area contributed by atoms with Gasteiger partial charge in [0.1, 0.15) is 11.5 Å². The molecule has 1 aliphatic heterocycles. The van der Waals surface area contributed by atoms with Crippen molar-refractivity contribution in [1.29, 1.82) is 0 Å². The lowest BCUT2D eigenvalue weighted by Gasteiger charge is -2.26. The van der Waals surface area contributed by atoms with Crippen molar-refractivity contribution < 1.29 is 27.1 Å². The van der Waals surface area contributed by atoms with Crippen molar-refractivity contribution in [2.75, 3.05) is 45.9 Å². The number of nitrogens with one attached hydrogen (secondary N) is 2. The van der Waals surface area contributed by atoms with Gasteiger partial charge >= 0.3 is 6.36 Å². The molecule has 0 amide bonds. The Morgan fingerprint density at radius 3 is 2.53 bits per heavy atom. The molecule has 1 aliphatic rings. The van der Waals surface area contributed by atoms with Crippen LogP contribution in [0.5, 0.6) is 5.75 Å². The maximum Gasteiger partial charge on any atom is 0.573 e. The molecule has 178 valence electrons. The number of furan rings is 1. The van der Waals surface area contributed by atoms with Gasteiger partial charge in [-0.1, -0.05) is 18.2 Å². The fourth-order valence-electron chi connectivity index (χ4n) is 3.11. The quantitative estimate of drug-likeness (QED) is 0.275. The summed E-state index contributed by atoms with van der Waals surface area (Å²) in [5, 5.41) is 6.45. The van der Waals surface area contributed by atoms with Crippen LogP contribution in [-0.2, 0) is 17.7 Å². The van der Waals surface area contributed by atoms with E-state index in [4.69, 9.17) is 9.15 Å². The van der Waals surface area contributed by atoms with Crippen LogP contribution in [0.3, 0.4) is 0 Å². The van der Waals surface area contributed by atoms with Crippen molar-refractivity contribution in [2.45, 2.75) is 19.3 Å². The second kappa shape index (κ2) is 13.5. The van der Waals surface area contributed by atoms with Crippen LogP contribution in [0.15, 0.2) is 52.1 Å². The number of hydrogen-bond donors (Lipinski definition) is 2. The number of morpholine rings is 1. The van der Waals surface area contributed by atoms with E-state index in [1.54, 1.807) is 18.4 Å². The molecule has 1 saturated heterocycles. The second-order valence-electron chi connectivity index (χ2n) is 6.96. The van der Waals surface area contributed by atoms with E-state index in [1.165, 1.54) is 12.1 Å². The van der Waals surface area contributed by atoms with Gasteiger partial charge in [0.05, 0.1) is 26.0 Å². The predicted octanol–water partition coefficient (Wildman–Crippen LogP) is 3.41. The Hall–Kier alpha value is -1.99. The average molecular weight is 568 g/mol. The Morgan fingerprint density at radius 1 is 1.06 bits per heavy atom. The van der Waals surface area contributed by atoms with Crippen LogP contribution in [0.1, 0.15) is 11.3 Å². The summed E-state index contributed by atoms with van der Waals surface area (Å²) < 4.78 is 52.8. The molecule has 2 N–H and O–H groups in total. The Balaban J connectivity index is 0.00000363. The highest BCUT2D eigenvalue weighted by Crippen LogP contribution is 2.26. The summed E-state index contributed by atoms with van der Waals surface area (Å²) in [4.78, 5) is 6.74. The van der Waals surface area contributed by atoms with E-state index >= 15 is 0 Å². The number of guanidine groups is 1. The highest BCUT2D eigenvalue weighted by atomic mass is 127. The third kappa shape index (κ3) is 9.65. The SMILES string of the molecule is FC(F)(F)Oc1ccccc1CN=C(NCCc1ccco1)NCCN1CCOCC1.I. The van der Waals surface area contributed by atoms with Crippen molar-refractivity contribution in [1.82, 2.24) is 15.5 Å². The van der Waals surface area contributed by atoms with Gasteiger partial charge in [-0.15, -0.1) is 37.1 Å². The molecule has 0 saturated carbocycles. The molecule has 0 unspecified atom stereocenters. The van der Waals surface area contributed by atoms with Gasteiger partial charge in [0.2, 0.25) is 0 Å². The van der Waals surface area contributed by atoms with Gasteiger partial charge in [0.15, 0.2) is 5.96 Å². The molecule has 0 radical (unpaired) electrons. The van der Waals surface area contributed by atoms with Crippen molar-refractivity contribution in [2.24, 2.45) is 4.99 Å². The molecule has 7 nitrogen and oxygen atoms in total. The number of nitrogens with zero attached hydrogens (tertiary/aromatic N) is 2. The monoisotopic (exact) mass is 568 g/mol. The number of rotatable bonds is 9. The van der Waals surface area contributed by atoms with Crippen molar-refractivity contribution in [3.8, 4) is 5.75 Å². The largest absolute Gasteiger partial charge is 0.573 e. The third-order valence-corrected chi connectivity index (χ3v) is 4.67. The zero-order valence-corrected chi connectivity index (χ0v) is 19.9. The van der Waals surface area contributed by atoms with Crippen molar-refractivity contribution in [3.63, 3.8) is 0 Å². The molecular formula is C21H28F3IN4O3. The second-order valence-corrected chi connectivity index (χ2v) is 6.96. The molecule has 0 aliphatic carbocycles. The molecule has 1 aromatic carbocycles. The van der Waals surface area contributed by atoms with E-state index in [-0.39, 0.29) is 36.3 Å². The van der Waals surface area contributed by atoms with Gasteiger partial charge < -0.3 is 24.5 Å². The predicted molar refractivity (Wildman–Crippen MR) is 125 cm³/mol. The van der Waals surface area contributed by atoms with Gasteiger partial charge in [-0.25, -0.2) is 4.99 Å². The van der Waals surface area contributed by atoms with Crippen LogP contribution in [0.4, 0.5) is 13.2 Å². The first-order chi connectivity index (χ1) is 15.0. The smallest absolute Gasteiger partial charge is 0.469 e. The number of alkyl halides is 3. The summed E-state index contributed by atoms with van der Waals surface area (Å²) in [6.45, 7) is 5.27. The van der Waals surface area contributed by atoms with E-state index in [0.29, 0.717) is 31.0 Å². The maximum absolute atomic E-state index is 12.7. The highest BCUT2D eigenvalue weighted by Gasteiger charge is 2.31. The van der Waals surface area contributed by atoms with Crippen LogP contribution in [-0.4, -0.2) is 63.2 Å². The van der Waals surface area contributed by atoms with Crippen LogP contribution < -0.4 is 15.4 Å². The topological polar surface area (TPSA) is 71.3 Å². The number of ether oxygens (including phenoxy) is 2. The summed E-state index contributed by atoms with van der Waals surface area (Å²) in [5.41, 5.74) is 0.347. The fraction of sp³-hybridized carbons (Fsp3) is 0.476. The lowest BCUT2D eigenvalue weighted by Crippen LogP contribution is -2.44. The molecule has 2 heterocycles. The van der Waals surface area contributed by atoms with Crippen LogP contribution in [0.2, 0.25) is 0 Å². The number of halogens is 4. The number of aliphatic imine (C=N–C) groups is 1. The van der Waals surface area contributed by atoms with Crippen LogP contribution in [0.25, 0.3) is 0 Å². The zero-order valence-electron chi connectivity index (χ0n) is 17.6. The van der Waals surface area contributed by atoms with E-state index in [1.807, 2.05) is 12.1 Å². The van der Waals surface area contributed by atoms with Gasteiger partial charge in [-0.2, -0.15) is 0 Å². The molecule has 1 aromatic heterocycles. The van der Waals surface area contributed by atoms with E-state index in [9.17, 15) is 13.2 Å². The lowest BCUT2D eigenvalue weighted by atomic mass is 10.2. The number of benzene rings is 1. The molecule has 1 fully saturated rings. The summed E-state index contributed by atoms with van der Waals surface area (Å²) >= 11 is 0. The minimum Gasteiger partial charge on any atom is -0.469 e. The summed E-state index contributed by atoms with van der Waals surface area (Å²) in [6, 6.07) is 9.71. The molecule has 11 heteroatoms. The van der Waals surface area contributed by atoms with E-state index < -0.39 is 6.36 Å². The van der Waals surface area contributed by atoms with Gasteiger partial charge in [0.25, 0.3) is 0 Å². The molecule has 2 aromatic rings. The van der Waals surface area contributed by atoms with Gasteiger partial charge in [-0.3, -0.25) is 4.90 Å². The number of hydrogen-bond acceptors (Lipinski definition) is 5. The first-order valence-corrected chi connectivity index (χ1v) is 10.2. The Labute approximate surface area is 202 Å². The fourth-order valence-corrected chi connectivity index (χ4v) is 3.11. The minimum absolute atomic E-state index is 0. The standard InChI is InChI=1S/C21H27F3N4O3.HI/c22-21(23,24)31-19-6-2-1-4-17(19)16-27-20(25-8-7-18-5-3-13-30-18)26-9-10-28-11-14-29-15-12-28;/h1-6,13H,7-12,14-16H2,(H2,25,26,27);1H.